The fourth-order valence-corrected chi connectivity index (χ4v) is 4.63. The molecule has 23 heavy (non-hydrogen) atoms. The number of benzene rings is 1. The van der Waals surface area contributed by atoms with Crippen LogP contribution in [0.2, 0.25) is 0 Å². The number of amides is 1. The van der Waals surface area contributed by atoms with Crippen molar-refractivity contribution >= 4 is 17.7 Å². The number of unbranched alkanes of at least 4 members (excludes halogenated alkanes) is 3. The largest absolute Gasteiger partial charge is 0.355 e. The van der Waals surface area contributed by atoms with Crippen molar-refractivity contribution in [1.29, 1.82) is 0 Å². The fourth-order valence-electron chi connectivity index (χ4n) is 3.20. The predicted molar refractivity (Wildman–Crippen MR) is 98.6 cm³/mol. The molecule has 0 aromatic heterocycles. The van der Waals surface area contributed by atoms with Crippen LogP contribution in [0, 0.1) is 0 Å². The Kier molecular flexibility index (Phi) is 7.96. The summed E-state index contributed by atoms with van der Waals surface area (Å²) in [4.78, 5) is 13.4. The maximum Gasteiger partial charge on any atom is 0.220 e. The van der Waals surface area contributed by atoms with E-state index in [2.05, 4.69) is 35.6 Å². The molecule has 0 spiro atoms. The number of hydrogen-bond acceptors (Lipinski definition) is 3. The van der Waals surface area contributed by atoms with Gasteiger partial charge in [0.25, 0.3) is 0 Å². The quantitative estimate of drug-likeness (QED) is 0.633. The second kappa shape index (κ2) is 9.99. The van der Waals surface area contributed by atoms with Gasteiger partial charge in [0.1, 0.15) is 0 Å². The van der Waals surface area contributed by atoms with Crippen molar-refractivity contribution in [3.63, 3.8) is 0 Å². The first-order chi connectivity index (χ1) is 11.2. The van der Waals surface area contributed by atoms with E-state index in [1.807, 2.05) is 11.8 Å². The van der Waals surface area contributed by atoms with Crippen LogP contribution in [-0.4, -0.2) is 23.7 Å². The van der Waals surface area contributed by atoms with Crippen LogP contribution in [0.15, 0.2) is 35.2 Å². The van der Waals surface area contributed by atoms with Gasteiger partial charge in [0.05, 0.1) is 0 Å². The number of hydrogen-bond donors (Lipinski definition) is 2. The first kappa shape index (κ1) is 18.3. The number of carbonyl (C=O) groups is 1. The average molecular weight is 335 g/mol. The lowest BCUT2D eigenvalue weighted by Crippen LogP contribution is -2.38. The normalized spacial score (nSPS) is 16.4. The van der Waals surface area contributed by atoms with Crippen molar-refractivity contribution in [1.82, 2.24) is 5.32 Å². The lowest BCUT2D eigenvalue weighted by molar-refractivity contribution is -0.121. The van der Waals surface area contributed by atoms with E-state index in [9.17, 15) is 4.79 Å². The van der Waals surface area contributed by atoms with Gasteiger partial charge in [0.15, 0.2) is 0 Å². The molecule has 1 aromatic carbocycles. The van der Waals surface area contributed by atoms with Crippen LogP contribution in [0.25, 0.3) is 0 Å². The molecule has 0 bridgehead atoms. The van der Waals surface area contributed by atoms with Gasteiger partial charge >= 0.3 is 0 Å². The van der Waals surface area contributed by atoms with E-state index < -0.39 is 0 Å². The standard InChI is InChI=1S/C19H30N2OS/c20-15-9-2-1-6-12-18(22)21-16-19(13-7-8-14-19)23-17-10-4-3-5-11-17/h3-5,10-11H,1-2,6-9,12-16,20H2,(H,21,22). The highest BCUT2D eigenvalue weighted by Gasteiger charge is 2.35. The molecule has 0 atom stereocenters. The number of nitrogens with one attached hydrogen (secondary N) is 1. The zero-order valence-corrected chi connectivity index (χ0v) is 14.9. The summed E-state index contributed by atoms with van der Waals surface area (Å²) < 4.78 is 0.191. The van der Waals surface area contributed by atoms with Gasteiger partial charge in [0.2, 0.25) is 5.91 Å². The molecule has 1 amide bonds. The van der Waals surface area contributed by atoms with Gasteiger partial charge in [-0.3, -0.25) is 4.79 Å². The summed E-state index contributed by atoms with van der Waals surface area (Å²) in [6.07, 6.45) is 9.88. The molecule has 2 rings (SSSR count). The minimum absolute atomic E-state index is 0.191. The average Bonchev–Trinajstić information content (AvgIpc) is 3.02. The minimum atomic E-state index is 0.191. The summed E-state index contributed by atoms with van der Waals surface area (Å²) in [6.45, 7) is 1.56. The van der Waals surface area contributed by atoms with Gasteiger partial charge in [-0.15, -0.1) is 11.8 Å². The molecule has 3 N–H and O–H groups in total. The summed E-state index contributed by atoms with van der Waals surface area (Å²) in [6, 6.07) is 10.6. The van der Waals surface area contributed by atoms with E-state index in [1.165, 1.54) is 30.6 Å². The predicted octanol–water partition coefficient (Wildman–Crippen LogP) is 4.12. The van der Waals surface area contributed by atoms with Crippen LogP contribution in [0.3, 0.4) is 0 Å². The Bertz CT molecular complexity index is 458. The maximum atomic E-state index is 12.1. The third kappa shape index (κ3) is 6.56. The van der Waals surface area contributed by atoms with Gasteiger partial charge in [-0.25, -0.2) is 0 Å². The van der Waals surface area contributed by atoms with Crippen LogP contribution in [0.1, 0.15) is 57.8 Å². The van der Waals surface area contributed by atoms with Crippen molar-refractivity contribution in [2.75, 3.05) is 13.1 Å². The Labute approximate surface area is 144 Å². The Hall–Kier alpha value is -1.00. The Morgan fingerprint density at radius 3 is 2.48 bits per heavy atom. The molecule has 1 saturated carbocycles. The molecule has 3 nitrogen and oxygen atoms in total. The van der Waals surface area contributed by atoms with Gasteiger partial charge in [-0.2, -0.15) is 0 Å². The maximum absolute atomic E-state index is 12.1. The van der Waals surface area contributed by atoms with Gasteiger partial charge in [0, 0.05) is 22.6 Å². The van der Waals surface area contributed by atoms with Crippen LogP contribution in [0.5, 0.6) is 0 Å². The van der Waals surface area contributed by atoms with E-state index in [4.69, 9.17) is 5.73 Å². The van der Waals surface area contributed by atoms with Crippen LogP contribution in [0.4, 0.5) is 0 Å². The fraction of sp³-hybridized carbons (Fsp3) is 0.632. The number of carbonyl (C=O) groups excluding carboxylic acids is 1. The highest BCUT2D eigenvalue weighted by molar-refractivity contribution is 8.00. The molecule has 128 valence electrons. The van der Waals surface area contributed by atoms with Crippen molar-refractivity contribution < 1.29 is 4.79 Å². The summed E-state index contributed by atoms with van der Waals surface area (Å²) in [5, 5.41) is 3.19. The van der Waals surface area contributed by atoms with Crippen LogP contribution < -0.4 is 11.1 Å². The second-order valence-electron chi connectivity index (χ2n) is 6.53. The van der Waals surface area contributed by atoms with Gasteiger partial charge < -0.3 is 11.1 Å². The van der Waals surface area contributed by atoms with Crippen molar-refractivity contribution in [2.24, 2.45) is 5.73 Å². The molecular formula is C19H30N2OS. The SMILES string of the molecule is NCCCCCCC(=O)NCC1(Sc2ccccc2)CCCC1. The molecule has 1 aromatic rings. The van der Waals surface area contributed by atoms with Crippen LogP contribution >= 0.6 is 11.8 Å². The van der Waals surface area contributed by atoms with Gasteiger partial charge in [-0.1, -0.05) is 43.9 Å². The number of nitrogens with two attached hydrogens (primary N) is 1. The zero-order valence-electron chi connectivity index (χ0n) is 14.1. The monoisotopic (exact) mass is 334 g/mol. The van der Waals surface area contributed by atoms with E-state index >= 15 is 0 Å². The Morgan fingerprint density at radius 1 is 1.09 bits per heavy atom. The van der Waals surface area contributed by atoms with Gasteiger partial charge in [-0.05, 0) is 44.4 Å². The number of rotatable bonds is 10. The third-order valence-electron chi connectivity index (χ3n) is 4.56. The van der Waals surface area contributed by atoms with E-state index in [1.54, 1.807) is 0 Å². The van der Waals surface area contributed by atoms with Crippen LogP contribution in [-0.2, 0) is 4.79 Å². The first-order valence-corrected chi connectivity index (χ1v) is 9.77. The molecule has 1 aliphatic carbocycles. The van der Waals surface area contributed by atoms with Crippen molar-refractivity contribution in [3.05, 3.63) is 30.3 Å². The van der Waals surface area contributed by atoms with Crippen molar-refractivity contribution in [3.8, 4) is 0 Å². The molecule has 0 heterocycles. The summed E-state index contributed by atoms with van der Waals surface area (Å²) in [5.74, 6) is 0.206. The molecule has 0 unspecified atom stereocenters. The van der Waals surface area contributed by atoms with E-state index in [-0.39, 0.29) is 10.7 Å². The summed E-state index contributed by atoms with van der Waals surface area (Å²) in [7, 11) is 0. The molecule has 1 fully saturated rings. The zero-order chi connectivity index (χ0) is 16.4. The first-order valence-electron chi connectivity index (χ1n) is 8.95. The second-order valence-corrected chi connectivity index (χ2v) is 8.08. The summed E-state index contributed by atoms with van der Waals surface area (Å²) >= 11 is 1.95. The highest BCUT2D eigenvalue weighted by Crippen LogP contribution is 2.44. The minimum Gasteiger partial charge on any atom is -0.355 e. The van der Waals surface area contributed by atoms with E-state index in [0.29, 0.717) is 6.42 Å². The lowest BCUT2D eigenvalue weighted by Gasteiger charge is -2.28. The Morgan fingerprint density at radius 2 is 1.78 bits per heavy atom. The molecule has 0 aliphatic heterocycles. The number of thioether (sulfide) groups is 1. The smallest absolute Gasteiger partial charge is 0.220 e. The Balaban J connectivity index is 1.75. The van der Waals surface area contributed by atoms with E-state index in [0.717, 1.165) is 38.8 Å². The van der Waals surface area contributed by atoms with Crippen molar-refractivity contribution in [2.45, 2.75) is 67.4 Å². The lowest BCUT2D eigenvalue weighted by atomic mass is 10.1. The highest BCUT2D eigenvalue weighted by atomic mass is 32.2. The topological polar surface area (TPSA) is 55.1 Å². The molecule has 4 heteroatoms. The molecule has 0 radical (unpaired) electrons. The third-order valence-corrected chi connectivity index (χ3v) is 6.05. The summed E-state index contributed by atoms with van der Waals surface area (Å²) in [5.41, 5.74) is 5.48. The molecular weight excluding hydrogens is 304 g/mol. The molecule has 1 aliphatic rings. The molecule has 0 saturated heterocycles.